The minimum Gasteiger partial charge on any atom is -0.396 e. The number of rotatable bonds is 10. The van der Waals surface area contributed by atoms with Crippen LogP contribution in [0.1, 0.15) is 70.6 Å². The second-order valence-corrected chi connectivity index (χ2v) is 8.10. The van der Waals surface area contributed by atoms with Crippen molar-refractivity contribution >= 4 is 11.8 Å². The van der Waals surface area contributed by atoms with Gasteiger partial charge in [0.2, 0.25) is 5.95 Å². The van der Waals surface area contributed by atoms with Crippen molar-refractivity contribution in [3.8, 4) is 0 Å². The van der Waals surface area contributed by atoms with E-state index < -0.39 is 0 Å². The van der Waals surface area contributed by atoms with E-state index in [2.05, 4.69) is 25.5 Å². The fraction of sp³-hybridized carbons (Fsp3) is 0.810. The van der Waals surface area contributed by atoms with Crippen LogP contribution >= 0.6 is 0 Å². The molecule has 2 aliphatic rings. The molecular weight excluding hydrogens is 338 g/mol. The second-order valence-electron chi connectivity index (χ2n) is 8.10. The van der Waals surface area contributed by atoms with E-state index in [1.807, 2.05) is 12.3 Å². The fourth-order valence-electron chi connectivity index (χ4n) is 4.42. The number of hydrogen-bond acceptors (Lipinski definition) is 6. The van der Waals surface area contributed by atoms with Gasteiger partial charge in [0.05, 0.1) is 0 Å². The maximum atomic E-state index is 8.81. The number of hydrogen-bond donors (Lipinski definition) is 3. The molecule has 0 aromatic carbocycles. The maximum Gasteiger partial charge on any atom is 0.224 e. The van der Waals surface area contributed by atoms with Crippen LogP contribution in [0.3, 0.4) is 0 Å². The molecule has 2 heterocycles. The molecule has 6 nitrogen and oxygen atoms in total. The number of anilines is 2. The van der Waals surface area contributed by atoms with Gasteiger partial charge in [0, 0.05) is 38.0 Å². The largest absolute Gasteiger partial charge is 0.396 e. The molecule has 2 fully saturated rings. The number of likely N-dealkylation sites (tertiary alicyclic amines) is 1. The molecule has 0 radical (unpaired) electrons. The highest BCUT2D eigenvalue weighted by Crippen LogP contribution is 2.26. The zero-order valence-corrected chi connectivity index (χ0v) is 16.7. The lowest BCUT2D eigenvalue weighted by Crippen LogP contribution is -2.47. The highest BCUT2D eigenvalue weighted by atomic mass is 16.2. The van der Waals surface area contributed by atoms with Crippen LogP contribution in [0.2, 0.25) is 0 Å². The third-order valence-corrected chi connectivity index (χ3v) is 5.92. The summed E-state index contributed by atoms with van der Waals surface area (Å²) in [6.07, 6.45) is 15.5. The average Bonchev–Trinajstić information content (AvgIpc) is 2.72. The Morgan fingerprint density at radius 2 is 1.89 bits per heavy atom. The van der Waals surface area contributed by atoms with Crippen LogP contribution < -0.4 is 10.6 Å². The summed E-state index contributed by atoms with van der Waals surface area (Å²) in [6, 6.07) is 3.19. The number of aliphatic hydroxyl groups is 1. The second kappa shape index (κ2) is 11.4. The van der Waals surface area contributed by atoms with Gasteiger partial charge < -0.3 is 15.7 Å². The van der Waals surface area contributed by atoms with Crippen molar-refractivity contribution in [3.63, 3.8) is 0 Å². The Labute approximate surface area is 164 Å². The predicted octanol–water partition coefficient (Wildman–Crippen LogP) is 3.65. The molecule has 3 rings (SSSR count). The van der Waals surface area contributed by atoms with Gasteiger partial charge in [-0.2, -0.15) is 4.98 Å². The Kier molecular flexibility index (Phi) is 8.62. The van der Waals surface area contributed by atoms with Crippen molar-refractivity contribution in [2.24, 2.45) is 0 Å². The average molecular weight is 376 g/mol. The first kappa shape index (κ1) is 20.3. The molecule has 1 saturated carbocycles. The first-order chi connectivity index (χ1) is 13.3. The van der Waals surface area contributed by atoms with E-state index in [-0.39, 0.29) is 0 Å². The molecule has 0 bridgehead atoms. The normalized spacial score (nSPS) is 21.9. The molecule has 1 aliphatic carbocycles. The molecule has 1 aromatic rings. The quantitative estimate of drug-likeness (QED) is 0.542. The zero-order valence-electron chi connectivity index (χ0n) is 16.7. The molecule has 0 amide bonds. The summed E-state index contributed by atoms with van der Waals surface area (Å²) in [7, 11) is 0. The summed E-state index contributed by atoms with van der Waals surface area (Å²) < 4.78 is 0. The van der Waals surface area contributed by atoms with Gasteiger partial charge in [0.15, 0.2) is 0 Å². The third-order valence-electron chi connectivity index (χ3n) is 5.92. The van der Waals surface area contributed by atoms with Gasteiger partial charge >= 0.3 is 0 Å². The van der Waals surface area contributed by atoms with E-state index in [1.54, 1.807) is 0 Å². The number of nitrogens with zero attached hydrogens (tertiary/aromatic N) is 3. The lowest BCUT2D eigenvalue weighted by atomic mass is 9.92. The molecule has 1 unspecified atom stereocenters. The Hall–Kier alpha value is -1.40. The van der Waals surface area contributed by atoms with Crippen LogP contribution in [0.25, 0.3) is 0 Å². The molecule has 3 N–H and O–H groups in total. The van der Waals surface area contributed by atoms with Crippen molar-refractivity contribution in [3.05, 3.63) is 12.3 Å². The smallest absolute Gasteiger partial charge is 0.224 e. The molecule has 6 heteroatoms. The number of unbranched alkanes of at least 4 members (excludes halogenated alkanes) is 3. The topological polar surface area (TPSA) is 73.3 Å². The highest BCUT2D eigenvalue weighted by molar-refractivity contribution is 5.40. The molecule has 0 spiro atoms. The highest BCUT2D eigenvalue weighted by Gasteiger charge is 2.27. The van der Waals surface area contributed by atoms with Crippen molar-refractivity contribution < 1.29 is 5.11 Å². The van der Waals surface area contributed by atoms with Gasteiger partial charge in [0.1, 0.15) is 5.82 Å². The SMILES string of the molecule is OCCCCCCNc1ccnc(NC2CCCN(C3CCCCC3)C2)n1. The van der Waals surface area contributed by atoms with E-state index in [9.17, 15) is 0 Å². The van der Waals surface area contributed by atoms with E-state index in [1.165, 1.54) is 51.5 Å². The molecule has 1 aliphatic heterocycles. The van der Waals surface area contributed by atoms with Gasteiger partial charge in [-0.3, -0.25) is 4.90 Å². The van der Waals surface area contributed by atoms with Crippen LogP contribution in [-0.4, -0.2) is 58.3 Å². The summed E-state index contributed by atoms with van der Waals surface area (Å²) in [5, 5.41) is 15.8. The summed E-state index contributed by atoms with van der Waals surface area (Å²) in [5.74, 6) is 1.64. The van der Waals surface area contributed by atoms with Crippen molar-refractivity contribution in [2.75, 3.05) is 36.9 Å². The molecule has 1 atom stereocenters. The Morgan fingerprint density at radius 3 is 2.74 bits per heavy atom. The molecule has 27 heavy (non-hydrogen) atoms. The summed E-state index contributed by atoms with van der Waals surface area (Å²) >= 11 is 0. The third kappa shape index (κ3) is 6.92. The van der Waals surface area contributed by atoms with E-state index in [0.29, 0.717) is 12.6 Å². The summed E-state index contributed by atoms with van der Waals surface area (Å²) in [6.45, 7) is 3.59. The van der Waals surface area contributed by atoms with Crippen molar-refractivity contribution in [1.29, 1.82) is 0 Å². The summed E-state index contributed by atoms with van der Waals surface area (Å²) in [5.41, 5.74) is 0. The van der Waals surface area contributed by atoms with Crippen LogP contribution in [-0.2, 0) is 0 Å². The number of piperidine rings is 1. The van der Waals surface area contributed by atoms with Crippen molar-refractivity contribution in [1.82, 2.24) is 14.9 Å². The minimum atomic E-state index is 0.299. The Bertz CT molecular complexity index is 535. The van der Waals surface area contributed by atoms with Crippen LogP contribution in [0.4, 0.5) is 11.8 Å². The van der Waals surface area contributed by atoms with Crippen LogP contribution in [0.5, 0.6) is 0 Å². The van der Waals surface area contributed by atoms with Crippen molar-refractivity contribution in [2.45, 2.75) is 82.7 Å². The van der Waals surface area contributed by atoms with E-state index in [0.717, 1.165) is 56.6 Å². The molecule has 152 valence electrons. The van der Waals surface area contributed by atoms with Crippen LogP contribution in [0, 0.1) is 0 Å². The van der Waals surface area contributed by atoms with Gasteiger partial charge in [-0.15, -0.1) is 0 Å². The standard InChI is InChI=1S/C21H37N5O/c27-16-7-2-1-6-13-22-20-12-14-23-21(25-20)24-18-9-8-15-26(17-18)19-10-4-3-5-11-19/h12,14,18-19,27H,1-11,13,15-17H2,(H2,22,23,24,25). The fourth-order valence-corrected chi connectivity index (χ4v) is 4.42. The number of nitrogens with one attached hydrogen (secondary N) is 2. The zero-order chi connectivity index (χ0) is 18.7. The first-order valence-corrected chi connectivity index (χ1v) is 11.0. The van der Waals surface area contributed by atoms with Gasteiger partial charge in [-0.1, -0.05) is 32.1 Å². The van der Waals surface area contributed by atoms with E-state index in [4.69, 9.17) is 5.11 Å². The maximum absolute atomic E-state index is 8.81. The molecule has 1 aromatic heterocycles. The van der Waals surface area contributed by atoms with Gasteiger partial charge in [-0.05, 0) is 51.1 Å². The summed E-state index contributed by atoms with van der Waals surface area (Å²) in [4.78, 5) is 11.8. The lowest BCUT2D eigenvalue weighted by Gasteiger charge is -2.40. The van der Waals surface area contributed by atoms with Gasteiger partial charge in [-0.25, -0.2) is 4.98 Å². The van der Waals surface area contributed by atoms with E-state index >= 15 is 0 Å². The Balaban J connectivity index is 1.43. The first-order valence-electron chi connectivity index (χ1n) is 11.0. The molecule has 1 saturated heterocycles. The predicted molar refractivity (Wildman–Crippen MR) is 111 cm³/mol. The Morgan fingerprint density at radius 1 is 1.04 bits per heavy atom. The lowest BCUT2D eigenvalue weighted by molar-refractivity contribution is 0.124. The minimum absolute atomic E-state index is 0.299. The number of aromatic nitrogens is 2. The number of aliphatic hydroxyl groups excluding tert-OH is 1. The van der Waals surface area contributed by atoms with Crippen LogP contribution in [0.15, 0.2) is 12.3 Å². The molecular formula is C21H37N5O. The monoisotopic (exact) mass is 375 g/mol. The van der Waals surface area contributed by atoms with Gasteiger partial charge in [0.25, 0.3) is 0 Å².